The van der Waals surface area contributed by atoms with E-state index in [-0.39, 0.29) is 5.91 Å². The van der Waals surface area contributed by atoms with E-state index in [1.807, 2.05) is 18.7 Å². The van der Waals surface area contributed by atoms with E-state index in [4.69, 9.17) is 0 Å². The number of hydrogen-bond acceptors (Lipinski definition) is 1. The summed E-state index contributed by atoms with van der Waals surface area (Å²) in [6.45, 7) is 5.52. The average molecular weight is 221 g/mol. The van der Waals surface area contributed by atoms with Gasteiger partial charge in [-0.3, -0.25) is 4.79 Å². The van der Waals surface area contributed by atoms with Crippen LogP contribution in [0.4, 0.5) is 0 Å². The summed E-state index contributed by atoms with van der Waals surface area (Å²) in [7, 11) is 0. The van der Waals surface area contributed by atoms with Crippen molar-refractivity contribution in [2.75, 3.05) is 13.1 Å². The van der Waals surface area contributed by atoms with Gasteiger partial charge >= 0.3 is 0 Å². The summed E-state index contributed by atoms with van der Waals surface area (Å²) in [5.41, 5.74) is 0. The lowest BCUT2D eigenvalue weighted by Crippen LogP contribution is -2.30. The molecule has 16 heavy (non-hydrogen) atoms. The van der Waals surface area contributed by atoms with Gasteiger partial charge in [0.05, 0.1) is 0 Å². The van der Waals surface area contributed by atoms with Crippen LogP contribution in [-0.2, 0) is 4.79 Å². The molecular formula is C14H23NO. The van der Waals surface area contributed by atoms with Crippen LogP contribution in [0.15, 0.2) is 24.3 Å². The van der Waals surface area contributed by atoms with E-state index < -0.39 is 0 Å². The normalized spacial score (nSPS) is 20.2. The fraction of sp³-hybridized carbons (Fsp3) is 0.643. The molecule has 90 valence electrons. The Kier molecular flexibility index (Phi) is 5.91. The van der Waals surface area contributed by atoms with Gasteiger partial charge in [-0.1, -0.05) is 31.2 Å². The molecule has 2 heteroatoms. The highest BCUT2D eigenvalue weighted by molar-refractivity contribution is 5.75. The Morgan fingerprint density at radius 3 is 2.81 bits per heavy atom. The standard InChI is InChI=1S/C14H23NO/c1-3-14(16)15(4-2)12-8-11-13-9-6-5-7-10-13/h5-6,8,11,13H,3-4,7,9-10,12H2,1-2H3. The third-order valence-corrected chi connectivity index (χ3v) is 3.08. The molecule has 1 aliphatic rings. The second-order valence-electron chi connectivity index (χ2n) is 4.26. The number of carbonyl (C=O) groups excluding carboxylic acids is 1. The van der Waals surface area contributed by atoms with E-state index in [9.17, 15) is 4.79 Å². The second-order valence-corrected chi connectivity index (χ2v) is 4.26. The van der Waals surface area contributed by atoms with Crippen molar-refractivity contribution < 1.29 is 4.79 Å². The minimum absolute atomic E-state index is 0.246. The number of nitrogens with zero attached hydrogens (tertiary/aromatic N) is 1. The fourth-order valence-corrected chi connectivity index (χ4v) is 2.00. The van der Waals surface area contributed by atoms with Gasteiger partial charge in [-0.15, -0.1) is 0 Å². The Labute approximate surface area is 99.0 Å². The average Bonchev–Trinajstić information content (AvgIpc) is 2.35. The molecule has 0 spiro atoms. The van der Waals surface area contributed by atoms with Crippen LogP contribution in [0.1, 0.15) is 39.5 Å². The maximum atomic E-state index is 11.5. The van der Waals surface area contributed by atoms with Gasteiger partial charge in [0.1, 0.15) is 0 Å². The van der Waals surface area contributed by atoms with Crippen molar-refractivity contribution >= 4 is 5.91 Å². The van der Waals surface area contributed by atoms with Crippen molar-refractivity contribution in [2.45, 2.75) is 39.5 Å². The molecule has 0 radical (unpaired) electrons. The van der Waals surface area contributed by atoms with Crippen molar-refractivity contribution in [1.29, 1.82) is 0 Å². The highest BCUT2D eigenvalue weighted by Crippen LogP contribution is 2.18. The first-order valence-corrected chi connectivity index (χ1v) is 6.37. The number of allylic oxidation sites excluding steroid dienone is 3. The lowest BCUT2D eigenvalue weighted by Gasteiger charge is -2.19. The third kappa shape index (κ3) is 4.21. The molecule has 0 heterocycles. The molecule has 0 saturated carbocycles. The van der Waals surface area contributed by atoms with Gasteiger partial charge in [-0.05, 0) is 32.1 Å². The van der Waals surface area contributed by atoms with E-state index in [1.54, 1.807) is 0 Å². The molecular weight excluding hydrogens is 198 g/mol. The van der Waals surface area contributed by atoms with Crippen LogP contribution in [0, 0.1) is 5.92 Å². The summed E-state index contributed by atoms with van der Waals surface area (Å²) in [6, 6.07) is 0. The predicted molar refractivity (Wildman–Crippen MR) is 68.2 cm³/mol. The van der Waals surface area contributed by atoms with Crippen molar-refractivity contribution in [2.24, 2.45) is 5.92 Å². The molecule has 0 fully saturated rings. The molecule has 1 rings (SSSR count). The SMILES string of the molecule is CCC(=O)N(CC)CC=CC1CC=CCC1. The Bertz CT molecular complexity index is 268. The van der Waals surface area contributed by atoms with E-state index in [1.165, 1.54) is 12.8 Å². The smallest absolute Gasteiger partial charge is 0.222 e. The molecule has 0 aromatic rings. The van der Waals surface area contributed by atoms with Crippen LogP contribution in [-0.4, -0.2) is 23.9 Å². The molecule has 2 nitrogen and oxygen atoms in total. The molecule has 1 atom stereocenters. The number of likely N-dealkylation sites (N-methyl/N-ethyl adjacent to an activating group) is 1. The van der Waals surface area contributed by atoms with Crippen molar-refractivity contribution in [3.63, 3.8) is 0 Å². The molecule has 1 aliphatic carbocycles. The molecule has 0 aromatic heterocycles. The van der Waals surface area contributed by atoms with E-state index in [0.717, 1.165) is 19.5 Å². The molecule has 1 amide bonds. The van der Waals surface area contributed by atoms with Gasteiger partial charge in [-0.25, -0.2) is 0 Å². The van der Waals surface area contributed by atoms with Crippen molar-refractivity contribution in [3.05, 3.63) is 24.3 Å². The molecule has 0 bridgehead atoms. The van der Waals surface area contributed by atoms with Crippen LogP contribution < -0.4 is 0 Å². The highest BCUT2D eigenvalue weighted by atomic mass is 16.2. The minimum Gasteiger partial charge on any atom is -0.339 e. The first-order valence-electron chi connectivity index (χ1n) is 6.37. The second kappa shape index (κ2) is 7.26. The van der Waals surface area contributed by atoms with Crippen LogP contribution in [0.5, 0.6) is 0 Å². The number of rotatable bonds is 5. The van der Waals surface area contributed by atoms with Gasteiger partial charge < -0.3 is 4.90 Å². The Hall–Kier alpha value is -1.05. The Balaban J connectivity index is 2.33. The lowest BCUT2D eigenvalue weighted by molar-refractivity contribution is -0.130. The van der Waals surface area contributed by atoms with E-state index in [2.05, 4.69) is 24.3 Å². The highest BCUT2D eigenvalue weighted by Gasteiger charge is 2.08. The third-order valence-electron chi connectivity index (χ3n) is 3.08. The van der Waals surface area contributed by atoms with Crippen LogP contribution in [0.2, 0.25) is 0 Å². The Morgan fingerprint density at radius 2 is 2.25 bits per heavy atom. The molecule has 1 unspecified atom stereocenters. The topological polar surface area (TPSA) is 20.3 Å². The monoisotopic (exact) mass is 221 g/mol. The lowest BCUT2D eigenvalue weighted by atomic mass is 9.94. The quantitative estimate of drug-likeness (QED) is 0.653. The van der Waals surface area contributed by atoms with Crippen LogP contribution in [0.25, 0.3) is 0 Å². The summed E-state index contributed by atoms with van der Waals surface area (Å²) in [4.78, 5) is 13.4. The van der Waals surface area contributed by atoms with Crippen molar-refractivity contribution in [1.82, 2.24) is 4.90 Å². The zero-order valence-corrected chi connectivity index (χ0v) is 10.5. The molecule has 0 N–H and O–H groups in total. The van der Waals surface area contributed by atoms with Crippen LogP contribution >= 0.6 is 0 Å². The van der Waals surface area contributed by atoms with Gasteiger partial charge in [-0.2, -0.15) is 0 Å². The minimum atomic E-state index is 0.246. The number of amides is 1. The maximum absolute atomic E-state index is 11.5. The molecule has 0 aromatic carbocycles. The van der Waals surface area contributed by atoms with Gasteiger partial charge in [0.2, 0.25) is 5.91 Å². The number of carbonyl (C=O) groups is 1. The first kappa shape index (κ1) is 13.0. The predicted octanol–water partition coefficient (Wildman–Crippen LogP) is 3.16. The van der Waals surface area contributed by atoms with Gasteiger partial charge in [0, 0.05) is 19.5 Å². The summed E-state index contributed by atoms with van der Waals surface area (Å²) >= 11 is 0. The zero-order valence-electron chi connectivity index (χ0n) is 10.5. The first-order chi connectivity index (χ1) is 7.77. The summed E-state index contributed by atoms with van der Waals surface area (Å²) in [6.07, 6.45) is 13.1. The van der Waals surface area contributed by atoms with Gasteiger partial charge in [0.25, 0.3) is 0 Å². The fourth-order valence-electron chi connectivity index (χ4n) is 2.00. The van der Waals surface area contributed by atoms with Crippen LogP contribution in [0.3, 0.4) is 0 Å². The molecule has 0 saturated heterocycles. The molecule has 0 aliphatic heterocycles. The number of hydrogen-bond donors (Lipinski definition) is 0. The largest absolute Gasteiger partial charge is 0.339 e. The van der Waals surface area contributed by atoms with E-state index in [0.29, 0.717) is 12.3 Å². The maximum Gasteiger partial charge on any atom is 0.222 e. The van der Waals surface area contributed by atoms with Gasteiger partial charge in [0.15, 0.2) is 0 Å². The van der Waals surface area contributed by atoms with Crippen molar-refractivity contribution in [3.8, 4) is 0 Å². The Morgan fingerprint density at radius 1 is 1.44 bits per heavy atom. The summed E-state index contributed by atoms with van der Waals surface area (Å²) < 4.78 is 0. The zero-order chi connectivity index (χ0) is 11.8. The summed E-state index contributed by atoms with van der Waals surface area (Å²) in [5.74, 6) is 0.927. The van der Waals surface area contributed by atoms with E-state index >= 15 is 0 Å². The summed E-state index contributed by atoms with van der Waals surface area (Å²) in [5, 5.41) is 0.